The van der Waals surface area contributed by atoms with E-state index in [9.17, 15) is 19.5 Å². The van der Waals surface area contributed by atoms with E-state index in [2.05, 4.69) is 10.3 Å². The minimum atomic E-state index is -0.768. The Labute approximate surface area is 253 Å². The van der Waals surface area contributed by atoms with Gasteiger partial charge in [-0.05, 0) is 22.8 Å². The van der Waals surface area contributed by atoms with Gasteiger partial charge in [0.1, 0.15) is 12.2 Å². The van der Waals surface area contributed by atoms with Crippen LogP contribution in [0.5, 0.6) is 0 Å². The minimum Gasteiger partial charge on any atom is -0.388 e. The SMILES string of the molecule is C[C@H]1C=C(C[C@H]2C(=O)N(Cc3cccc4sc(N)nc34)C[C@H]3N2C(=O)CN3N(C)C(=O)NCc2ccccc2)C=CC1O. The number of para-hydroxylation sites is 1. The zero-order valence-corrected chi connectivity index (χ0v) is 24.9. The highest BCUT2D eigenvalue weighted by Crippen LogP contribution is 2.34. The third-order valence-corrected chi connectivity index (χ3v) is 9.21. The molecule has 1 aromatic heterocycles. The number of aliphatic hydroxyl groups is 1. The van der Waals surface area contributed by atoms with Crippen LogP contribution in [0.15, 0.2) is 72.3 Å². The number of carbonyl (C=O) groups excluding carboxylic acids is 3. The van der Waals surface area contributed by atoms with Gasteiger partial charge < -0.3 is 26.0 Å². The number of hydrazine groups is 1. The summed E-state index contributed by atoms with van der Waals surface area (Å²) < 4.78 is 0.940. The van der Waals surface area contributed by atoms with Gasteiger partial charge in [0.05, 0.1) is 29.4 Å². The molecule has 43 heavy (non-hydrogen) atoms. The van der Waals surface area contributed by atoms with Crippen LogP contribution in [-0.2, 0) is 22.7 Å². The van der Waals surface area contributed by atoms with E-state index in [0.29, 0.717) is 18.1 Å². The summed E-state index contributed by atoms with van der Waals surface area (Å²) in [4.78, 5) is 48.8. The summed E-state index contributed by atoms with van der Waals surface area (Å²) in [6, 6.07) is 14.3. The highest BCUT2D eigenvalue weighted by Gasteiger charge is 2.51. The number of fused-ring (bicyclic) bond motifs is 2. The number of nitrogens with two attached hydrogens (primary N) is 1. The van der Waals surface area contributed by atoms with Gasteiger partial charge in [0, 0.05) is 32.5 Å². The smallest absolute Gasteiger partial charge is 0.332 e. The second kappa shape index (κ2) is 11.8. The van der Waals surface area contributed by atoms with Crippen LogP contribution in [0.3, 0.4) is 0 Å². The molecule has 0 spiro atoms. The number of aliphatic hydroxyl groups excluding tert-OH is 1. The second-order valence-corrected chi connectivity index (χ2v) is 12.3. The molecule has 6 rings (SSSR count). The number of hydrogen-bond acceptors (Lipinski definition) is 8. The largest absolute Gasteiger partial charge is 0.388 e. The number of allylic oxidation sites excluding steroid dienone is 1. The van der Waals surface area contributed by atoms with Crippen molar-refractivity contribution in [3.8, 4) is 0 Å². The maximum Gasteiger partial charge on any atom is 0.332 e. The van der Waals surface area contributed by atoms with Gasteiger partial charge in [-0.1, -0.05) is 79.0 Å². The van der Waals surface area contributed by atoms with Crippen LogP contribution in [-0.4, -0.2) is 86.2 Å². The van der Waals surface area contributed by atoms with Crippen LogP contribution in [0.25, 0.3) is 10.2 Å². The average molecular weight is 602 g/mol. The number of thiazole rings is 1. The fourth-order valence-electron chi connectivity index (χ4n) is 6.06. The highest BCUT2D eigenvalue weighted by atomic mass is 32.1. The first-order valence-corrected chi connectivity index (χ1v) is 15.1. The molecule has 1 unspecified atom stereocenters. The van der Waals surface area contributed by atoms with Crippen molar-refractivity contribution in [1.82, 2.24) is 30.1 Å². The Morgan fingerprint density at radius 1 is 1.19 bits per heavy atom. The Kier molecular flexibility index (Phi) is 7.91. The first-order chi connectivity index (χ1) is 20.7. The van der Waals surface area contributed by atoms with E-state index in [1.807, 2.05) is 67.6 Å². The minimum absolute atomic E-state index is 0.0280. The monoisotopic (exact) mass is 601 g/mol. The molecule has 4 atom stereocenters. The number of urea groups is 1. The van der Waals surface area contributed by atoms with Gasteiger partial charge in [0.25, 0.3) is 0 Å². The van der Waals surface area contributed by atoms with E-state index in [0.717, 1.165) is 26.9 Å². The fraction of sp³-hybridized carbons (Fsp3) is 0.355. The molecule has 2 aliphatic heterocycles. The Bertz CT molecular complexity index is 1610. The van der Waals surface area contributed by atoms with Gasteiger partial charge in [-0.2, -0.15) is 5.01 Å². The number of carbonyl (C=O) groups is 3. The Morgan fingerprint density at radius 3 is 2.74 bits per heavy atom. The van der Waals surface area contributed by atoms with Gasteiger partial charge in [0.2, 0.25) is 11.8 Å². The van der Waals surface area contributed by atoms with Gasteiger partial charge in [-0.25, -0.2) is 9.78 Å². The molecule has 2 aromatic carbocycles. The summed E-state index contributed by atoms with van der Waals surface area (Å²) in [5.74, 6) is -0.493. The number of nitrogens with one attached hydrogen (secondary N) is 1. The lowest BCUT2D eigenvalue weighted by Gasteiger charge is -2.46. The maximum absolute atomic E-state index is 14.1. The molecule has 0 radical (unpaired) electrons. The van der Waals surface area contributed by atoms with E-state index in [4.69, 9.17) is 5.73 Å². The Balaban J connectivity index is 1.28. The summed E-state index contributed by atoms with van der Waals surface area (Å²) in [5, 5.41) is 16.7. The standard InChI is InChI=1S/C31H35N7O4S/c1-19-13-21(11-12-24(19)39)14-23-29(41)36(16-22-9-6-10-25-28(22)34-30(32)43-25)17-26-37(18-27(40)38(23)26)35(2)31(42)33-15-20-7-4-3-5-8-20/h3-13,19,23-24,26,39H,14-18H2,1-2H3,(H2,32,34)(H,33,42)/t19-,23-,24?,26+/m0/s1. The van der Waals surface area contributed by atoms with Crippen molar-refractivity contribution >= 4 is 44.5 Å². The van der Waals surface area contributed by atoms with Gasteiger partial charge >= 0.3 is 6.03 Å². The van der Waals surface area contributed by atoms with Gasteiger partial charge in [0.15, 0.2) is 5.13 Å². The first-order valence-electron chi connectivity index (χ1n) is 14.3. The summed E-state index contributed by atoms with van der Waals surface area (Å²) in [6.45, 7) is 2.74. The number of rotatable bonds is 7. The molecule has 3 aromatic rings. The summed E-state index contributed by atoms with van der Waals surface area (Å²) in [7, 11) is 1.64. The second-order valence-electron chi connectivity index (χ2n) is 11.3. The highest BCUT2D eigenvalue weighted by molar-refractivity contribution is 7.22. The number of nitrogens with zero attached hydrogens (tertiary/aromatic N) is 5. The van der Waals surface area contributed by atoms with Crippen LogP contribution in [0.4, 0.5) is 9.93 Å². The van der Waals surface area contributed by atoms with Crippen molar-refractivity contribution in [2.24, 2.45) is 5.92 Å². The summed E-state index contributed by atoms with van der Waals surface area (Å²) >= 11 is 1.39. The predicted octanol–water partition coefficient (Wildman–Crippen LogP) is 2.70. The molecule has 3 heterocycles. The topological polar surface area (TPSA) is 135 Å². The molecular weight excluding hydrogens is 566 g/mol. The summed E-state index contributed by atoms with van der Waals surface area (Å²) in [6.07, 6.45) is 4.67. The van der Waals surface area contributed by atoms with Gasteiger partial charge in [-0.3, -0.25) is 14.6 Å². The lowest BCUT2D eigenvalue weighted by Crippen LogP contribution is -2.65. The molecule has 0 saturated carbocycles. The number of benzene rings is 2. The van der Waals surface area contributed by atoms with Crippen LogP contribution >= 0.6 is 11.3 Å². The number of anilines is 1. The number of nitrogen functional groups attached to an aromatic ring is 1. The maximum atomic E-state index is 14.1. The van der Waals surface area contributed by atoms with Crippen LogP contribution in [0.2, 0.25) is 0 Å². The van der Waals surface area contributed by atoms with Crippen molar-refractivity contribution in [3.63, 3.8) is 0 Å². The lowest BCUT2D eigenvalue weighted by atomic mass is 9.90. The van der Waals surface area contributed by atoms with Crippen LogP contribution in [0, 0.1) is 5.92 Å². The van der Waals surface area contributed by atoms with Crippen molar-refractivity contribution in [2.75, 3.05) is 25.9 Å². The predicted molar refractivity (Wildman–Crippen MR) is 164 cm³/mol. The molecular formula is C31H35N7O4S. The normalized spacial score (nSPS) is 23.9. The molecule has 1 aliphatic carbocycles. The number of aromatic nitrogens is 1. The number of hydrogen-bond donors (Lipinski definition) is 3. The van der Waals surface area contributed by atoms with E-state index in [1.165, 1.54) is 16.3 Å². The first kappa shape index (κ1) is 28.8. The van der Waals surface area contributed by atoms with Crippen LogP contribution < -0.4 is 11.1 Å². The Hall–Kier alpha value is -4.26. The molecule has 4 N–H and O–H groups in total. The van der Waals surface area contributed by atoms with Crippen molar-refractivity contribution in [3.05, 3.63) is 83.5 Å². The van der Waals surface area contributed by atoms with Crippen molar-refractivity contribution in [1.29, 1.82) is 0 Å². The number of piperazine rings is 1. The third kappa shape index (κ3) is 5.73. The fourth-order valence-corrected chi connectivity index (χ4v) is 6.84. The van der Waals surface area contributed by atoms with Crippen molar-refractivity contribution < 1.29 is 19.5 Å². The molecule has 0 bridgehead atoms. The molecule has 2 saturated heterocycles. The molecule has 12 heteroatoms. The zero-order chi connectivity index (χ0) is 30.2. The number of amides is 4. The summed E-state index contributed by atoms with van der Waals surface area (Å²) in [5.41, 5.74) is 9.46. The zero-order valence-electron chi connectivity index (χ0n) is 24.1. The molecule has 11 nitrogen and oxygen atoms in total. The molecule has 4 amide bonds. The third-order valence-electron chi connectivity index (χ3n) is 8.36. The Morgan fingerprint density at radius 2 is 1.98 bits per heavy atom. The van der Waals surface area contributed by atoms with Crippen LogP contribution in [0.1, 0.15) is 24.5 Å². The van der Waals surface area contributed by atoms with Gasteiger partial charge in [-0.15, -0.1) is 0 Å². The van der Waals surface area contributed by atoms with E-state index in [1.54, 1.807) is 27.9 Å². The van der Waals surface area contributed by atoms with E-state index < -0.39 is 18.3 Å². The quantitative estimate of drug-likeness (QED) is 0.379. The lowest BCUT2D eigenvalue weighted by molar-refractivity contribution is -0.157. The molecule has 2 fully saturated rings. The molecule has 224 valence electrons. The van der Waals surface area contributed by atoms with Crippen molar-refractivity contribution in [2.45, 2.75) is 44.7 Å². The average Bonchev–Trinajstić information content (AvgIpc) is 3.55. The van der Waals surface area contributed by atoms with E-state index >= 15 is 0 Å². The van der Waals surface area contributed by atoms with E-state index in [-0.39, 0.29) is 43.4 Å². The molecule has 3 aliphatic rings.